The van der Waals surface area contributed by atoms with Crippen molar-refractivity contribution in [3.63, 3.8) is 0 Å². The number of hydrogen-bond donors (Lipinski definition) is 3. The zero-order valence-electron chi connectivity index (χ0n) is 15.2. The predicted molar refractivity (Wildman–Crippen MR) is 100 cm³/mol. The zero-order chi connectivity index (χ0) is 20.3. The van der Waals surface area contributed by atoms with Crippen LogP contribution >= 0.6 is 0 Å². The Morgan fingerprint density at radius 3 is 2.57 bits per heavy atom. The standard InChI is InChI=1S/C18H21N3O6S/c1-12(19-18(24)13-6-9-27-11-13)17(23)20-15-10-14(4-5-16(15)22)28(25,26)21-7-2-3-8-21/h4-6,9-12,22H,2-3,7-8H2,1H3,(H,19,24)(H,20,23)/t12-/m0/s1. The summed E-state index contributed by atoms with van der Waals surface area (Å²) in [7, 11) is -3.69. The van der Waals surface area contributed by atoms with Crippen LogP contribution in [-0.4, -0.2) is 48.8 Å². The van der Waals surface area contributed by atoms with Crippen LogP contribution in [0.3, 0.4) is 0 Å². The summed E-state index contributed by atoms with van der Waals surface area (Å²) in [6, 6.07) is 4.25. The van der Waals surface area contributed by atoms with Gasteiger partial charge in [-0.3, -0.25) is 9.59 Å². The molecule has 28 heavy (non-hydrogen) atoms. The monoisotopic (exact) mass is 407 g/mol. The lowest BCUT2D eigenvalue weighted by atomic mass is 10.2. The molecule has 1 fully saturated rings. The van der Waals surface area contributed by atoms with E-state index in [9.17, 15) is 23.1 Å². The molecule has 1 atom stereocenters. The van der Waals surface area contributed by atoms with E-state index in [0.717, 1.165) is 12.8 Å². The first-order chi connectivity index (χ1) is 13.3. The van der Waals surface area contributed by atoms with Crippen molar-refractivity contribution < 1.29 is 27.5 Å². The molecule has 2 amide bonds. The average molecular weight is 407 g/mol. The molecule has 9 nitrogen and oxygen atoms in total. The van der Waals surface area contributed by atoms with E-state index in [4.69, 9.17) is 4.42 Å². The van der Waals surface area contributed by atoms with Crippen LogP contribution in [0.15, 0.2) is 46.1 Å². The van der Waals surface area contributed by atoms with E-state index >= 15 is 0 Å². The van der Waals surface area contributed by atoms with Crippen molar-refractivity contribution in [3.05, 3.63) is 42.4 Å². The summed E-state index contributed by atoms with van der Waals surface area (Å²) in [6.07, 6.45) is 4.19. The van der Waals surface area contributed by atoms with E-state index in [0.29, 0.717) is 13.1 Å². The quantitative estimate of drug-likeness (QED) is 0.623. The lowest BCUT2D eigenvalue weighted by Crippen LogP contribution is -2.41. The minimum Gasteiger partial charge on any atom is -0.506 e. The van der Waals surface area contributed by atoms with Crippen molar-refractivity contribution in [2.75, 3.05) is 18.4 Å². The van der Waals surface area contributed by atoms with Crippen molar-refractivity contribution in [2.45, 2.75) is 30.7 Å². The summed E-state index contributed by atoms with van der Waals surface area (Å²) < 4.78 is 31.5. The Morgan fingerprint density at radius 1 is 1.21 bits per heavy atom. The van der Waals surface area contributed by atoms with Crippen LogP contribution in [0, 0.1) is 0 Å². The summed E-state index contributed by atoms with van der Waals surface area (Å²) >= 11 is 0. The van der Waals surface area contributed by atoms with E-state index in [1.54, 1.807) is 0 Å². The van der Waals surface area contributed by atoms with E-state index < -0.39 is 27.9 Å². The topological polar surface area (TPSA) is 129 Å². The molecule has 0 unspecified atom stereocenters. The summed E-state index contributed by atoms with van der Waals surface area (Å²) in [5.74, 6) is -1.38. The van der Waals surface area contributed by atoms with Crippen LogP contribution in [0.1, 0.15) is 30.1 Å². The predicted octanol–water partition coefficient (Wildman–Crippen LogP) is 1.53. The highest BCUT2D eigenvalue weighted by Crippen LogP contribution is 2.29. The number of carbonyl (C=O) groups excluding carboxylic acids is 2. The Kier molecular flexibility index (Phi) is 5.71. The molecule has 0 aliphatic carbocycles. The Balaban J connectivity index is 1.72. The van der Waals surface area contributed by atoms with E-state index in [-0.39, 0.29) is 21.9 Å². The Hall–Kier alpha value is -2.85. The molecule has 2 aromatic rings. The number of aromatic hydroxyl groups is 1. The maximum atomic E-state index is 12.7. The van der Waals surface area contributed by atoms with Gasteiger partial charge in [0.2, 0.25) is 15.9 Å². The molecule has 0 spiro atoms. The van der Waals surface area contributed by atoms with Crippen molar-refractivity contribution in [1.29, 1.82) is 0 Å². The summed E-state index contributed by atoms with van der Waals surface area (Å²) in [5.41, 5.74) is 0.218. The molecular weight excluding hydrogens is 386 g/mol. The summed E-state index contributed by atoms with van der Waals surface area (Å²) in [5, 5.41) is 15.0. The highest BCUT2D eigenvalue weighted by Gasteiger charge is 2.28. The molecular formula is C18H21N3O6S. The molecule has 3 rings (SSSR count). The number of furan rings is 1. The lowest BCUT2D eigenvalue weighted by molar-refractivity contribution is -0.117. The Bertz CT molecular complexity index is 965. The Morgan fingerprint density at radius 2 is 1.93 bits per heavy atom. The van der Waals surface area contributed by atoms with Crippen LogP contribution in [-0.2, 0) is 14.8 Å². The largest absolute Gasteiger partial charge is 0.506 e. The second kappa shape index (κ2) is 8.03. The number of carbonyl (C=O) groups is 2. The van der Waals surface area contributed by atoms with Crippen LogP contribution in [0.5, 0.6) is 5.75 Å². The van der Waals surface area contributed by atoms with Crippen LogP contribution in [0.2, 0.25) is 0 Å². The highest BCUT2D eigenvalue weighted by molar-refractivity contribution is 7.89. The summed E-state index contributed by atoms with van der Waals surface area (Å²) in [4.78, 5) is 24.3. The number of benzene rings is 1. The van der Waals surface area contributed by atoms with Gasteiger partial charge in [0.05, 0.1) is 22.4 Å². The van der Waals surface area contributed by atoms with Gasteiger partial charge in [-0.2, -0.15) is 4.31 Å². The molecule has 1 aromatic heterocycles. The minimum atomic E-state index is -3.69. The zero-order valence-corrected chi connectivity index (χ0v) is 16.0. The van der Waals surface area contributed by atoms with Gasteiger partial charge in [-0.05, 0) is 44.0 Å². The van der Waals surface area contributed by atoms with Gasteiger partial charge in [-0.15, -0.1) is 0 Å². The highest BCUT2D eigenvalue weighted by atomic mass is 32.2. The second-order valence-electron chi connectivity index (χ2n) is 6.49. The van der Waals surface area contributed by atoms with Crippen molar-refractivity contribution in [1.82, 2.24) is 9.62 Å². The van der Waals surface area contributed by atoms with Crippen LogP contribution in [0.25, 0.3) is 0 Å². The first-order valence-electron chi connectivity index (χ1n) is 8.76. The molecule has 0 saturated carbocycles. The fourth-order valence-corrected chi connectivity index (χ4v) is 4.38. The smallest absolute Gasteiger partial charge is 0.255 e. The SMILES string of the molecule is C[C@H](NC(=O)c1ccoc1)C(=O)Nc1cc(S(=O)(=O)N2CCCC2)ccc1O. The molecule has 2 heterocycles. The van der Waals surface area contributed by atoms with Gasteiger partial charge in [0.15, 0.2) is 0 Å². The number of phenols is 1. The fraction of sp³-hybridized carbons (Fsp3) is 0.333. The normalized spacial score (nSPS) is 15.9. The number of nitrogens with zero attached hydrogens (tertiary/aromatic N) is 1. The van der Waals surface area contributed by atoms with E-state index in [2.05, 4.69) is 10.6 Å². The van der Waals surface area contributed by atoms with E-state index in [1.807, 2.05) is 0 Å². The first kappa shape index (κ1) is 19.9. The van der Waals surface area contributed by atoms with Gasteiger partial charge in [0.1, 0.15) is 18.1 Å². The average Bonchev–Trinajstić information content (AvgIpc) is 3.37. The first-order valence-corrected chi connectivity index (χ1v) is 10.2. The second-order valence-corrected chi connectivity index (χ2v) is 8.42. The lowest BCUT2D eigenvalue weighted by Gasteiger charge is -2.18. The summed E-state index contributed by atoms with van der Waals surface area (Å²) in [6.45, 7) is 2.36. The number of nitrogens with one attached hydrogen (secondary N) is 2. The Labute approximate surface area is 162 Å². The van der Waals surface area contributed by atoms with Gasteiger partial charge in [-0.25, -0.2) is 8.42 Å². The van der Waals surface area contributed by atoms with Gasteiger partial charge >= 0.3 is 0 Å². The molecule has 0 radical (unpaired) electrons. The third kappa shape index (κ3) is 4.18. The van der Waals surface area contributed by atoms with Crippen LogP contribution < -0.4 is 10.6 Å². The maximum Gasteiger partial charge on any atom is 0.255 e. The number of hydrogen-bond acceptors (Lipinski definition) is 6. The van der Waals surface area contributed by atoms with Crippen molar-refractivity contribution in [2.24, 2.45) is 0 Å². The van der Waals surface area contributed by atoms with Gasteiger partial charge in [0, 0.05) is 13.1 Å². The maximum absolute atomic E-state index is 12.7. The number of phenolic OH excluding ortho intramolecular Hbond substituents is 1. The van der Waals surface area contributed by atoms with Crippen molar-refractivity contribution >= 4 is 27.5 Å². The van der Waals surface area contributed by atoms with Crippen LogP contribution in [0.4, 0.5) is 5.69 Å². The molecule has 10 heteroatoms. The van der Waals surface area contributed by atoms with Gasteiger partial charge in [0.25, 0.3) is 5.91 Å². The van der Waals surface area contributed by atoms with Gasteiger partial charge < -0.3 is 20.2 Å². The molecule has 3 N–H and O–H groups in total. The number of rotatable bonds is 6. The minimum absolute atomic E-state index is 0.0161. The fourth-order valence-electron chi connectivity index (χ4n) is 2.83. The molecule has 1 aliphatic rings. The molecule has 1 aliphatic heterocycles. The number of anilines is 1. The van der Waals surface area contributed by atoms with Crippen molar-refractivity contribution in [3.8, 4) is 5.75 Å². The van der Waals surface area contributed by atoms with E-state index in [1.165, 1.54) is 48.0 Å². The van der Waals surface area contributed by atoms with Gasteiger partial charge in [-0.1, -0.05) is 0 Å². The number of sulfonamides is 1. The molecule has 1 saturated heterocycles. The molecule has 0 bridgehead atoms. The molecule has 150 valence electrons. The third-order valence-corrected chi connectivity index (χ3v) is 6.35. The third-order valence-electron chi connectivity index (χ3n) is 4.45. The number of amides is 2. The molecule has 1 aromatic carbocycles.